The minimum Gasteiger partial charge on any atom is -0.493 e. The summed E-state index contributed by atoms with van der Waals surface area (Å²) in [4.78, 5) is 11.0. The van der Waals surface area contributed by atoms with E-state index in [0.717, 1.165) is 16.5 Å². The van der Waals surface area contributed by atoms with Crippen molar-refractivity contribution < 1.29 is 5.11 Å². The first kappa shape index (κ1) is 8.25. The lowest BCUT2D eigenvalue weighted by Gasteiger charge is -1.90. The zero-order chi connectivity index (χ0) is 9.26. The van der Waals surface area contributed by atoms with Gasteiger partial charge in [0.05, 0.1) is 16.9 Å². The fraction of sp³-hybridized carbons (Fsp3) is 0.250. The highest BCUT2D eigenvalue weighted by atomic mass is 32.1. The molecule has 0 unspecified atom stereocenters. The van der Waals surface area contributed by atoms with Crippen LogP contribution in [0.1, 0.15) is 16.5 Å². The lowest BCUT2D eigenvalue weighted by atomic mass is 10.3. The molecular weight excluding hydrogens is 186 g/mol. The second-order valence-corrected chi connectivity index (χ2v) is 3.81. The number of nitrogens with one attached hydrogen (secondary N) is 1. The first-order valence-corrected chi connectivity index (χ1v) is 4.76. The minimum atomic E-state index is 0.0990. The van der Waals surface area contributed by atoms with Crippen molar-refractivity contribution in [2.45, 2.75) is 13.3 Å². The van der Waals surface area contributed by atoms with E-state index in [0.29, 0.717) is 6.42 Å². The normalized spacial score (nSPS) is 10.5. The van der Waals surface area contributed by atoms with E-state index in [1.54, 1.807) is 11.3 Å². The van der Waals surface area contributed by atoms with Crippen molar-refractivity contribution in [3.63, 3.8) is 0 Å². The summed E-state index contributed by atoms with van der Waals surface area (Å²) >= 11 is 1.62. The number of aryl methyl sites for hydroxylation is 1. The van der Waals surface area contributed by atoms with Gasteiger partial charge in [-0.15, -0.1) is 11.3 Å². The van der Waals surface area contributed by atoms with Crippen LogP contribution in [-0.2, 0) is 6.42 Å². The van der Waals surface area contributed by atoms with E-state index in [2.05, 4.69) is 15.0 Å². The van der Waals surface area contributed by atoms with Crippen LogP contribution in [0, 0.1) is 6.92 Å². The average molecular weight is 195 g/mol. The number of H-pyrrole nitrogens is 1. The van der Waals surface area contributed by atoms with E-state index >= 15 is 0 Å². The molecule has 0 saturated heterocycles. The molecule has 0 bridgehead atoms. The standard InChI is InChI=1S/C8H9N3OS/c1-5-10-6(4-13-5)2-7-9-3-8(12)11-7/h3-4,12H,2H2,1H3,(H,9,11). The Kier molecular flexibility index (Phi) is 2.02. The van der Waals surface area contributed by atoms with Gasteiger partial charge in [-0.1, -0.05) is 0 Å². The van der Waals surface area contributed by atoms with Crippen LogP contribution >= 0.6 is 11.3 Å². The maximum atomic E-state index is 9.00. The Balaban J connectivity index is 2.14. The molecule has 2 heterocycles. The number of nitrogens with zero attached hydrogens (tertiary/aromatic N) is 2. The van der Waals surface area contributed by atoms with Crippen molar-refractivity contribution in [3.05, 3.63) is 28.1 Å². The first-order chi connectivity index (χ1) is 6.24. The van der Waals surface area contributed by atoms with Gasteiger partial charge >= 0.3 is 0 Å². The van der Waals surface area contributed by atoms with Crippen molar-refractivity contribution in [2.24, 2.45) is 0 Å². The van der Waals surface area contributed by atoms with E-state index in [1.807, 2.05) is 12.3 Å². The van der Waals surface area contributed by atoms with Gasteiger partial charge in [-0.05, 0) is 6.92 Å². The minimum absolute atomic E-state index is 0.0990. The predicted molar refractivity (Wildman–Crippen MR) is 49.9 cm³/mol. The Morgan fingerprint density at radius 3 is 3.00 bits per heavy atom. The highest BCUT2D eigenvalue weighted by Gasteiger charge is 2.03. The quantitative estimate of drug-likeness (QED) is 0.762. The maximum Gasteiger partial charge on any atom is 0.208 e. The van der Waals surface area contributed by atoms with E-state index in [9.17, 15) is 0 Å². The Hall–Kier alpha value is -1.36. The molecule has 0 saturated carbocycles. The number of thiazole rings is 1. The smallest absolute Gasteiger partial charge is 0.208 e. The third-order valence-electron chi connectivity index (χ3n) is 1.63. The average Bonchev–Trinajstić information content (AvgIpc) is 2.62. The largest absolute Gasteiger partial charge is 0.493 e. The van der Waals surface area contributed by atoms with Crippen molar-refractivity contribution >= 4 is 11.3 Å². The summed E-state index contributed by atoms with van der Waals surface area (Å²) in [6.07, 6.45) is 2.04. The molecule has 5 heteroatoms. The molecule has 2 N–H and O–H groups in total. The van der Waals surface area contributed by atoms with Gasteiger partial charge in [0.25, 0.3) is 0 Å². The van der Waals surface area contributed by atoms with Gasteiger partial charge in [-0.3, -0.25) is 0 Å². The van der Waals surface area contributed by atoms with E-state index in [-0.39, 0.29) is 5.88 Å². The molecule has 2 aromatic rings. The van der Waals surface area contributed by atoms with Gasteiger partial charge in [-0.25, -0.2) is 9.97 Å². The Bertz CT molecular complexity index is 369. The van der Waals surface area contributed by atoms with E-state index in [4.69, 9.17) is 5.11 Å². The molecule has 0 amide bonds. The Labute approximate surface area is 79.3 Å². The topological polar surface area (TPSA) is 61.8 Å². The van der Waals surface area contributed by atoms with E-state index in [1.165, 1.54) is 6.20 Å². The fourth-order valence-corrected chi connectivity index (χ4v) is 1.71. The molecule has 0 atom stereocenters. The molecule has 0 aliphatic carbocycles. The summed E-state index contributed by atoms with van der Waals surface area (Å²) in [6.45, 7) is 1.97. The zero-order valence-electron chi connectivity index (χ0n) is 7.11. The van der Waals surface area contributed by atoms with Crippen LogP contribution in [0.2, 0.25) is 0 Å². The number of hydrogen-bond acceptors (Lipinski definition) is 4. The van der Waals surface area contributed by atoms with Gasteiger partial charge in [0, 0.05) is 11.8 Å². The molecule has 4 nitrogen and oxygen atoms in total. The van der Waals surface area contributed by atoms with Gasteiger partial charge in [-0.2, -0.15) is 0 Å². The zero-order valence-corrected chi connectivity index (χ0v) is 7.93. The number of hydrogen-bond donors (Lipinski definition) is 2. The lowest BCUT2D eigenvalue weighted by Crippen LogP contribution is -1.90. The third kappa shape index (κ3) is 1.86. The summed E-state index contributed by atoms with van der Waals surface area (Å²) in [5.41, 5.74) is 0.983. The monoisotopic (exact) mass is 195 g/mol. The molecular formula is C8H9N3OS. The highest BCUT2D eigenvalue weighted by Crippen LogP contribution is 2.12. The molecule has 68 valence electrons. The van der Waals surface area contributed by atoms with Crippen molar-refractivity contribution in [1.82, 2.24) is 15.0 Å². The molecule has 0 aliphatic rings. The van der Waals surface area contributed by atoms with Crippen molar-refractivity contribution in [3.8, 4) is 5.88 Å². The molecule has 0 spiro atoms. The molecule has 2 rings (SSSR count). The molecule has 0 aliphatic heterocycles. The second-order valence-electron chi connectivity index (χ2n) is 2.75. The Morgan fingerprint density at radius 1 is 1.62 bits per heavy atom. The number of imidazole rings is 1. The first-order valence-electron chi connectivity index (χ1n) is 3.88. The van der Waals surface area contributed by atoms with Crippen LogP contribution in [0.15, 0.2) is 11.6 Å². The van der Waals surface area contributed by atoms with E-state index < -0.39 is 0 Å². The number of aromatic hydroxyl groups is 1. The summed E-state index contributed by atoms with van der Waals surface area (Å²) in [5.74, 6) is 0.838. The van der Waals surface area contributed by atoms with Gasteiger partial charge in [0.15, 0.2) is 0 Å². The third-order valence-corrected chi connectivity index (χ3v) is 2.45. The molecule has 2 aromatic heterocycles. The SMILES string of the molecule is Cc1nc(Cc2ncc(O)[nH]2)cs1. The van der Waals surface area contributed by atoms with Gasteiger partial charge in [0.2, 0.25) is 5.88 Å². The summed E-state index contributed by atoms with van der Waals surface area (Å²) < 4.78 is 0. The molecule has 0 fully saturated rings. The van der Waals surface area contributed by atoms with Crippen LogP contribution in [-0.4, -0.2) is 20.1 Å². The summed E-state index contributed by atoms with van der Waals surface area (Å²) in [5, 5.41) is 12.0. The number of rotatable bonds is 2. The van der Waals surface area contributed by atoms with Gasteiger partial charge in [0.1, 0.15) is 5.82 Å². The van der Waals surface area contributed by atoms with Crippen LogP contribution in [0.5, 0.6) is 5.88 Å². The van der Waals surface area contributed by atoms with Crippen molar-refractivity contribution in [1.29, 1.82) is 0 Å². The van der Waals surface area contributed by atoms with Crippen LogP contribution in [0.4, 0.5) is 0 Å². The lowest BCUT2D eigenvalue weighted by molar-refractivity contribution is 0.455. The summed E-state index contributed by atoms with van der Waals surface area (Å²) in [7, 11) is 0. The molecule has 13 heavy (non-hydrogen) atoms. The molecule has 0 aromatic carbocycles. The molecule has 0 radical (unpaired) electrons. The van der Waals surface area contributed by atoms with Crippen molar-refractivity contribution in [2.75, 3.05) is 0 Å². The Morgan fingerprint density at radius 2 is 2.46 bits per heavy atom. The predicted octanol–water partition coefficient (Wildman–Crippen LogP) is 1.47. The fourth-order valence-electron chi connectivity index (χ4n) is 1.10. The highest BCUT2D eigenvalue weighted by molar-refractivity contribution is 7.09. The summed E-state index contributed by atoms with van der Waals surface area (Å²) in [6, 6.07) is 0. The number of aromatic amines is 1. The van der Waals surface area contributed by atoms with Crippen LogP contribution < -0.4 is 0 Å². The van der Waals surface area contributed by atoms with Crippen LogP contribution in [0.25, 0.3) is 0 Å². The number of aromatic nitrogens is 3. The van der Waals surface area contributed by atoms with Gasteiger partial charge < -0.3 is 10.1 Å². The maximum absolute atomic E-state index is 9.00. The van der Waals surface area contributed by atoms with Crippen LogP contribution in [0.3, 0.4) is 0 Å². The second kappa shape index (κ2) is 3.18.